The third-order valence-corrected chi connectivity index (χ3v) is 4.58. The molecule has 1 aliphatic rings. The van der Waals surface area contributed by atoms with E-state index in [-0.39, 0.29) is 0 Å². The lowest BCUT2D eigenvalue weighted by Gasteiger charge is -2.37. The molecule has 1 N–H and O–H groups in total. The van der Waals surface area contributed by atoms with Gasteiger partial charge in [-0.15, -0.1) is 0 Å². The molecular weight excluding hydrogens is 270 g/mol. The maximum atomic E-state index is 10.5. The second-order valence-electron chi connectivity index (χ2n) is 5.74. The summed E-state index contributed by atoms with van der Waals surface area (Å²) in [6.45, 7) is 7.71. The molecule has 0 atom stereocenters. The third kappa shape index (κ3) is 4.69. The minimum absolute atomic E-state index is 0.319. The molecule has 2 rings (SSSR count). The van der Waals surface area contributed by atoms with Crippen LogP contribution < -0.4 is 0 Å². The van der Waals surface area contributed by atoms with Crippen molar-refractivity contribution in [1.29, 1.82) is 0 Å². The van der Waals surface area contributed by atoms with Crippen LogP contribution in [-0.2, 0) is 11.3 Å². The number of hydrogen-bond acceptors (Lipinski definition) is 3. The van der Waals surface area contributed by atoms with Crippen LogP contribution in [0.5, 0.6) is 0 Å². The normalized spacial score (nSPS) is 19.3. The molecule has 1 aromatic carbocycles. The van der Waals surface area contributed by atoms with Crippen LogP contribution in [0.15, 0.2) is 30.3 Å². The average Bonchev–Trinajstić information content (AvgIpc) is 2.35. The van der Waals surface area contributed by atoms with Gasteiger partial charge in [-0.05, 0) is 31.1 Å². The van der Waals surface area contributed by atoms with Crippen LogP contribution in [0.1, 0.15) is 25.0 Å². The highest BCUT2D eigenvalue weighted by Gasteiger charge is 2.26. The quantitative estimate of drug-likeness (QED) is 0.865. The van der Waals surface area contributed by atoms with Crippen molar-refractivity contribution in [3.05, 3.63) is 41.5 Å². The van der Waals surface area contributed by atoms with Gasteiger partial charge in [0.2, 0.25) is 0 Å². The fourth-order valence-electron chi connectivity index (χ4n) is 2.47. The van der Waals surface area contributed by atoms with Crippen molar-refractivity contribution in [2.24, 2.45) is 0 Å². The first-order valence-electron chi connectivity index (χ1n) is 6.81. The zero-order valence-corrected chi connectivity index (χ0v) is 12.8. The molecule has 4 heteroatoms. The van der Waals surface area contributed by atoms with Crippen LogP contribution in [0.4, 0.5) is 0 Å². The Morgan fingerprint density at radius 3 is 3.00 bits per heavy atom. The predicted octanol–water partition coefficient (Wildman–Crippen LogP) is 3.11. The van der Waals surface area contributed by atoms with Crippen LogP contribution in [0.25, 0.3) is 6.08 Å². The van der Waals surface area contributed by atoms with Gasteiger partial charge in [-0.1, -0.05) is 24.3 Å². The van der Waals surface area contributed by atoms with Gasteiger partial charge in [-0.2, -0.15) is 11.8 Å². The Morgan fingerprint density at radius 2 is 2.30 bits per heavy atom. The summed E-state index contributed by atoms with van der Waals surface area (Å²) in [7, 11) is 0. The Balaban J connectivity index is 2.02. The Morgan fingerprint density at radius 1 is 1.50 bits per heavy atom. The van der Waals surface area contributed by atoms with Gasteiger partial charge in [0.05, 0.1) is 0 Å². The topological polar surface area (TPSA) is 40.5 Å². The van der Waals surface area contributed by atoms with E-state index in [0.717, 1.165) is 25.2 Å². The highest BCUT2D eigenvalue weighted by atomic mass is 32.2. The zero-order valence-electron chi connectivity index (χ0n) is 12.0. The number of nitrogens with zero attached hydrogens (tertiary/aromatic N) is 1. The molecule has 1 fully saturated rings. The van der Waals surface area contributed by atoms with Crippen molar-refractivity contribution < 1.29 is 9.90 Å². The van der Waals surface area contributed by atoms with Crippen molar-refractivity contribution in [1.82, 2.24) is 4.90 Å². The van der Waals surface area contributed by atoms with Gasteiger partial charge in [0.1, 0.15) is 0 Å². The number of thioether (sulfide) groups is 1. The van der Waals surface area contributed by atoms with E-state index in [1.807, 2.05) is 23.9 Å². The standard InChI is InChI=1S/C16H21NO2S/c1-16(2)12-17(8-9-20-16)11-14-5-3-4-13(10-14)6-7-15(18)19/h3-7,10H,8-9,11-12H2,1-2H3,(H,18,19)/b7-6+. The zero-order chi connectivity index (χ0) is 14.6. The molecule has 0 unspecified atom stereocenters. The Bertz CT molecular complexity index is 511. The Hall–Kier alpha value is -1.26. The maximum Gasteiger partial charge on any atom is 0.328 e. The molecule has 0 spiro atoms. The van der Waals surface area contributed by atoms with Crippen LogP contribution in [0.2, 0.25) is 0 Å². The van der Waals surface area contributed by atoms with Crippen molar-refractivity contribution in [3.63, 3.8) is 0 Å². The summed E-state index contributed by atoms with van der Waals surface area (Å²) >= 11 is 2.03. The second kappa shape index (κ2) is 6.46. The summed E-state index contributed by atoms with van der Waals surface area (Å²) in [6, 6.07) is 8.08. The molecule has 1 heterocycles. The van der Waals surface area contributed by atoms with Gasteiger partial charge >= 0.3 is 5.97 Å². The van der Waals surface area contributed by atoms with Crippen molar-refractivity contribution in [3.8, 4) is 0 Å². The summed E-state index contributed by atoms with van der Waals surface area (Å²) in [5.74, 6) is 0.260. The number of rotatable bonds is 4. The summed E-state index contributed by atoms with van der Waals surface area (Å²) in [5.41, 5.74) is 2.18. The molecule has 20 heavy (non-hydrogen) atoms. The van der Waals surface area contributed by atoms with E-state index < -0.39 is 5.97 Å². The molecule has 0 bridgehead atoms. The molecule has 1 aromatic rings. The smallest absolute Gasteiger partial charge is 0.328 e. The molecule has 0 aromatic heterocycles. The number of carbonyl (C=O) groups is 1. The molecular formula is C16H21NO2S. The summed E-state index contributed by atoms with van der Waals surface area (Å²) in [5, 5.41) is 8.67. The molecule has 0 aliphatic carbocycles. The van der Waals surface area contributed by atoms with Crippen molar-refractivity contribution in [2.45, 2.75) is 25.1 Å². The number of hydrogen-bond donors (Lipinski definition) is 1. The Kier molecular flexibility index (Phi) is 4.89. The van der Waals surface area contributed by atoms with Crippen LogP contribution in [0.3, 0.4) is 0 Å². The lowest BCUT2D eigenvalue weighted by atomic mass is 10.1. The highest BCUT2D eigenvalue weighted by Crippen LogP contribution is 2.30. The van der Waals surface area contributed by atoms with Crippen LogP contribution in [-0.4, -0.2) is 39.6 Å². The van der Waals surface area contributed by atoms with Crippen molar-refractivity contribution >= 4 is 23.8 Å². The number of carboxylic acid groups (broad SMARTS) is 1. The third-order valence-electron chi connectivity index (χ3n) is 3.28. The lowest BCUT2D eigenvalue weighted by molar-refractivity contribution is -0.131. The molecule has 0 amide bonds. The highest BCUT2D eigenvalue weighted by molar-refractivity contribution is 8.00. The van der Waals surface area contributed by atoms with Crippen molar-refractivity contribution in [2.75, 3.05) is 18.8 Å². The first-order chi connectivity index (χ1) is 9.44. The Labute approximate surface area is 124 Å². The second-order valence-corrected chi connectivity index (χ2v) is 7.54. The van der Waals surface area contributed by atoms with E-state index in [1.54, 1.807) is 6.08 Å². The fraction of sp³-hybridized carbons (Fsp3) is 0.438. The van der Waals surface area contributed by atoms with Gasteiger partial charge in [0.25, 0.3) is 0 Å². The minimum Gasteiger partial charge on any atom is -0.478 e. The molecule has 1 saturated heterocycles. The molecule has 3 nitrogen and oxygen atoms in total. The number of aliphatic carboxylic acids is 1. The largest absolute Gasteiger partial charge is 0.478 e. The van der Waals surface area contributed by atoms with E-state index in [4.69, 9.17) is 5.11 Å². The predicted molar refractivity (Wildman–Crippen MR) is 84.9 cm³/mol. The maximum absolute atomic E-state index is 10.5. The molecule has 1 aliphatic heterocycles. The molecule has 108 valence electrons. The fourth-order valence-corrected chi connectivity index (χ4v) is 3.65. The summed E-state index contributed by atoms with van der Waals surface area (Å²) < 4.78 is 0.319. The van der Waals surface area contributed by atoms with E-state index in [1.165, 1.54) is 17.4 Å². The van der Waals surface area contributed by atoms with E-state index in [0.29, 0.717) is 4.75 Å². The number of benzene rings is 1. The van der Waals surface area contributed by atoms with Gasteiger partial charge in [0.15, 0.2) is 0 Å². The van der Waals surface area contributed by atoms with Crippen LogP contribution >= 0.6 is 11.8 Å². The summed E-state index contributed by atoms with van der Waals surface area (Å²) in [6.07, 6.45) is 2.82. The van der Waals surface area contributed by atoms with Gasteiger partial charge < -0.3 is 5.11 Å². The first kappa shape index (κ1) is 15.1. The van der Waals surface area contributed by atoms with Gasteiger partial charge in [0, 0.05) is 36.2 Å². The average molecular weight is 291 g/mol. The monoisotopic (exact) mass is 291 g/mol. The molecule has 0 radical (unpaired) electrons. The van der Waals surface area contributed by atoms with Gasteiger partial charge in [-0.3, -0.25) is 4.90 Å². The molecule has 0 saturated carbocycles. The first-order valence-corrected chi connectivity index (χ1v) is 7.79. The van der Waals surface area contributed by atoms with Crippen LogP contribution in [0, 0.1) is 0 Å². The van der Waals surface area contributed by atoms with E-state index in [9.17, 15) is 4.79 Å². The summed E-state index contributed by atoms with van der Waals surface area (Å²) in [4.78, 5) is 13.0. The minimum atomic E-state index is -0.912. The van der Waals surface area contributed by atoms with E-state index in [2.05, 4.69) is 30.9 Å². The van der Waals surface area contributed by atoms with Gasteiger partial charge in [-0.25, -0.2) is 4.79 Å². The lowest BCUT2D eigenvalue weighted by Crippen LogP contribution is -2.42. The van der Waals surface area contributed by atoms with E-state index >= 15 is 0 Å². The number of carboxylic acids is 1. The SMILES string of the molecule is CC1(C)CN(Cc2cccc(/C=C/C(=O)O)c2)CCS1.